The van der Waals surface area contributed by atoms with Crippen LogP contribution in [0.1, 0.15) is 18.1 Å². The van der Waals surface area contributed by atoms with E-state index < -0.39 is 29.9 Å². The van der Waals surface area contributed by atoms with Crippen LogP contribution >= 0.6 is 11.6 Å². The zero-order valence-corrected chi connectivity index (χ0v) is 20.9. The van der Waals surface area contributed by atoms with Crippen molar-refractivity contribution in [2.45, 2.75) is 26.7 Å². The molecule has 4 rings (SSSR count). The number of aromatic nitrogens is 4. The van der Waals surface area contributed by atoms with Gasteiger partial charge in [0.2, 0.25) is 11.8 Å². The number of anilines is 2. The fourth-order valence-corrected chi connectivity index (χ4v) is 3.58. The maximum atomic E-state index is 13.3. The average molecular weight is 540 g/mol. The van der Waals surface area contributed by atoms with E-state index in [-0.39, 0.29) is 19.0 Å². The van der Waals surface area contributed by atoms with Gasteiger partial charge in [-0.25, -0.2) is 23.5 Å². The molecule has 0 radical (unpaired) electrons. The molecule has 0 aliphatic rings. The summed E-state index contributed by atoms with van der Waals surface area (Å²) in [7, 11) is 0. The fourth-order valence-electron chi connectivity index (χ4n) is 3.45. The number of nitrogens with zero attached hydrogens (tertiary/aromatic N) is 4. The molecule has 10 nitrogen and oxygen atoms in total. The number of halogens is 2. The largest absolute Gasteiger partial charge is 0.481 e. The molecule has 0 saturated heterocycles. The molecular weight excluding hydrogens is 517 g/mol. The highest BCUT2D eigenvalue weighted by atomic mass is 35.5. The van der Waals surface area contributed by atoms with Crippen molar-refractivity contribution in [2.24, 2.45) is 5.92 Å². The summed E-state index contributed by atoms with van der Waals surface area (Å²) in [5, 5.41) is 12.7. The Morgan fingerprint density at radius 1 is 1.05 bits per heavy atom. The van der Waals surface area contributed by atoms with Crippen LogP contribution in [0.4, 0.5) is 16.0 Å². The molecule has 0 amide bonds. The number of nitrogens with one attached hydrogen (secondary N) is 1. The normalized spacial score (nSPS) is 11.7. The standard InChI is InChI=1S/C26H23ClFN5O5/c1-16(23(34)35)14-33-25(36)31-24(32(26(33)37)15-17-2-5-19(27)6-3-17)30-20-7-9-21(10-8-20)38-22-11-4-18(12-28)13-29-22/h2-11,13,16H,12,14-15H2,1H3,(H,34,35)(H,30,31,36)/t16-/m0/s1. The number of pyridine rings is 1. The first-order valence-electron chi connectivity index (χ1n) is 11.5. The second-order valence-electron chi connectivity index (χ2n) is 8.45. The van der Waals surface area contributed by atoms with Gasteiger partial charge in [0.15, 0.2) is 0 Å². The predicted octanol–water partition coefficient (Wildman–Crippen LogP) is 4.23. The van der Waals surface area contributed by atoms with E-state index in [2.05, 4.69) is 15.3 Å². The van der Waals surface area contributed by atoms with E-state index in [1.165, 1.54) is 17.7 Å². The zero-order chi connectivity index (χ0) is 27.2. The minimum absolute atomic E-state index is 0.0219. The van der Waals surface area contributed by atoms with Gasteiger partial charge in [-0.2, -0.15) is 4.98 Å². The number of benzene rings is 2. The molecular formula is C26H23ClFN5O5. The minimum atomic E-state index is -1.14. The van der Waals surface area contributed by atoms with Gasteiger partial charge in [-0.15, -0.1) is 0 Å². The van der Waals surface area contributed by atoms with Crippen molar-refractivity contribution in [1.82, 2.24) is 19.1 Å². The maximum absolute atomic E-state index is 13.3. The first-order valence-corrected chi connectivity index (χ1v) is 11.9. The highest BCUT2D eigenvalue weighted by molar-refractivity contribution is 6.30. The van der Waals surface area contributed by atoms with E-state index in [9.17, 15) is 23.9 Å². The van der Waals surface area contributed by atoms with Gasteiger partial charge < -0.3 is 15.2 Å². The number of hydrogen-bond donors (Lipinski definition) is 2. The topological polar surface area (TPSA) is 128 Å². The van der Waals surface area contributed by atoms with Gasteiger partial charge in [0.25, 0.3) is 0 Å². The smallest absolute Gasteiger partial charge is 0.354 e. The Labute approximate surface area is 221 Å². The number of carbonyl (C=O) groups is 1. The van der Waals surface area contributed by atoms with Crippen LogP contribution in [0.15, 0.2) is 76.4 Å². The summed E-state index contributed by atoms with van der Waals surface area (Å²) in [5.41, 5.74) is 0.0751. The molecule has 0 bridgehead atoms. The number of rotatable bonds is 10. The third-order valence-corrected chi connectivity index (χ3v) is 5.82. The van der Waals surface area contributed by atoms with E-state index in [1.807, 2.05) is 0 Å². The van der Waals surface area contributed by atoms with Crippen molar-refractivity contribution < 1.29 is 19.0 Å². The minimum Gasteiger partial charge on any atom is -0.481 e. The number of alkyl halides is 1. The van der Waals surface area contributed by atoms with Crippen molar-refractivity contribution >= 4 is 29.2 Å². The monoisotopic (exact) mass is 539 g/mol. The summed E-state index contributed by atoms with van der Waals surface area (Å²) < 4.78 is 20.4. The highest BCUT2D eigenvalue weighted by Crippen LogP contribution is 2.23. The Bertz CT molecular complexity index is 1540. The van der Waals surface area contributed by atoms with E-state index in [1.54, 1.807) is 60.7 Å². The van der Waals surface area contributed by atoms with Crippen LogP contribution in [0.25, 0.3) is 0 Å². The molecule has 0 aliphatic carbocycles. The second kappa shape index (κ2) is 11.7. The zero-order valence-electron chi connectivity index (χ0n) is 20.2. The van der Waals surface area contributed by atoms with Crippen LogP contribution in [-0.4, -0.2) is 30.2 Å². The van der Waals surface area contributed by atoms with Gasteiger partial charge >= 0.3 is 17.3 Å². The van der Waals surface area contributed by atoms with E-state index in [0.29, 0.717) is 33.5 Å². The van der Waals surface area contributed by atoms with Crippen LogP contribution in [0.2, 0.25) is 5.02 Å². The fraction of sp³-hybridized carbons (Fsp3) is 0.192. The molecule has 1 atom stereocenters. The summed E-state index contributed by atoms with van der Waals surface area (Å²) in [6, 6.07) is 16.5. The second-order valence-corrected chi connectivity index (χ2v) is 8.89. The molecule has 0 fully saturated rings. The summed E-state index contributed by atoms with van der Waals surface area (Å²) in [4.78, 5) is 45.4. The van der Waals surface area contributed by atoms with Crippen LogP contribution in [-0.2, 0) is 24.6 Å². The van der Waals surface area contributed by atoms with Gasteiger partial charge in [0.05, 0.1) is 12.5 Å². The van der Waals surface area contributed by atoms with Gasteiger partial charge in [-0.3, -0.25) is 9.36 Å². The Kier molecular flexibility index (Phi) is 8.17. The molecule has 2 aromatic carbocycles. The van der Waals surface area contributed by atoms with Crippen LogP contribution in [0, 0.1) is 5.92 Å². The molecule has 12 heteroatoms. The first-order chi connectivity index (χ1) is 18.2. The summed E-state index contributed by atoms with van der Waals surface area (Å²) in [6.45, 7) is 0.508. The Hall–Kier alpha value is -4.51. The molecule has 0 unspecified atom stereocenters. The Morgan fingerprint density at radius 2 is 1.74 bits per heavy atom. The van der Waals surface area contributed by atoms with Crippen molar-refractivity contribution in [3.05, 3.63) is 104 Å². The van der Waals surface area contributed by atoms with E-state index in [0.717, 1.165) is 4.57 Å². The lowest BCUT2D eigenvalue weighted by atomic mass is 10.2. The van der Waals surface area contributed by atoms with Crippen LogP contribution in [0.5, 0.6) is 11.6 Å². The average Bonchev–Trinajstić information content (AvgIpc) is 2.91. The SMILES string of the molecule is C[C@@H](Cn1c(=O)nc(Nc2ccc(Oc3ccc(CF)cn3)cc2)n(Cc2ccc(Cl)cc2)c1=O)C(=O)O. The molecule has 2 aromatic heterocycles. The Morgan fingerprint density at radius 3 is 2.34 bits per heavy atom. The molecule has 0 aliphatic heterocycles. The van der Waals surface area contributed by atoms with Gasteiger partial charge in [-0.05, 0) is 48.0 Å². The van der Waals surface area contributed by atoms with Crippen LogP contribution in [0.3, 0.4) is 0 Å². The molecule has 4 aromatic rings. The lowest BCUT2D eigenvalue weighted by Crippen LogP contribution is -2.44. The summed E-state index contributed by atoms with van der Waals surface area (Å²) in [6.07, 6.45) is 1.39. The number of hydrogen-bond acceptors (Lipinski definition) is 7. The van der Waals surface area contributed by atoms with Crippen molar-refractivity contribution in [3.63, 3.8) is 0 Å². The maximum Gasteiger partial charge on any atom is 0.354 e. The van der Waals surface area contributed by atoms with Crippen molar-refractivity contribution in [2.75, 3.05) is 5.32 Å². The van der Waals surface area contributed by atoms with E-state index >= 15 is 0 Å². The number of carboxylic acid groups (broad SMARTS) is 1. The molecule has 38 heavy (non-hydrogen) atoms. The van der Waals surface area contributed by atoms with Gasteiger partial charge in [0, 0.05) is 35.1 Å². The molecule has 2 heterocycles. The lowest BCUT2D eigenvalue weighted by Gasteiger charge is -2.17. The lowest BCUT2D eigenvalue weighted by molar-refractivity contribution is -0.141. The molecule has 196 valence electrons. The molecule has 0 spiro atoms. The highest BCUT2D eigenvalue weighted by Gasteiger charge is 2.19. The summed E-state index contributed by atoms with van der Waals surface area (Å²) >= 11 is 5.97. The number of aliphatic carboxylic acids is 1. The predicted molar refractivity (Wildman–Crippen MR) is 139 cm³/mol. The van der Waals surface area contributed by atoms with Gasteiger partial charge in [-0.1, -0.05) is 30.7 Å². The number of carboxylic acids is 1. The third-order valence-electron chi connectivity index (χ3n) is 5.57. The van der Waals surface area contributed by atoms with Gasteiger partial charge in [0.1, 0.15) is 12.4 Å². The quantitative estimate of drug-likeness (QED) is 0.306. The van der Waals surface area contributed by atoms with Crippen molar-refractivity contribution in [3.8, 4) is 11.6 Å². The summed E-state index contributed by atoms with van der Waals surface area (Å²) in [5.74, 6) is -1.38. The first kappa shape index (κ1) is 26.6. The third kappa shape index (κ3) is 6.43. The number of ether oxygens (including phenoxy) is 1. The van der Waals surface area contributed by atoms with Crippen LogP contribution < -0.4 is 21.4 Å². The molecule has 0 saturated carbocycles. The van der Waals surface area contributed by atoms with Crippen molar-refractivity contribution in [1.29, 1.82) is 0 Å². The Balaban J connectivity index is 1.63. The van der Waals surface area contributed by atoms with E-state index in [4.69, 9.17) is 16.3 Å². The molecule has 2 N–H and O–H groups in total.